The zero-order valence-corrected chi connectivity index (χ0v) is 12.2. The highest BCUT2D eigenvalue weighted by Gasteiger charge is 2.03. The second-order valence-electron chi connectivity index (χ2n) is 4.37. The van der Waals surface area contributed by atoms with Crippen molar-refractivity contribution in [3.8, 4) is 5.75 Å². The van der Waals surface area contributed by atoms with E-state index in [1.54, 1.807) is 12.1 Å². The van der Waals surface area contributed by atoms with E-state index in [0.29, 0.717) is 12.4 Å². The van der Waals surface area contributed by atoms with E-state index < -0.39 is 0 Å². The summed E-state index contributed by atoms with van der Waals surface area (Å²) in [7, 11) is 0. The molecule has 0 fully saturated rings. The van der Waals surface area contributed by atoms with E-state index in [2.05, 4.69) is 28.1 Å². The van der Waals surface area contributed by atoms with E-state index >= 15 is 0 Å². The first-order chi connectivity index (χ1) is 9.25. The van der Waals surface area contributed by atoms with E-state index in [-0.39, 0.29) is 5.82 Å². The fourth-order valence-electron chi connectivity index (χ4n) is 1.85. The van der Waals surface area contributed by atoms with E-state index in [0.717, 1.165) is 23.7 Å². The van der Waals surface area contributed by atoms with Crippen molar-refractivity contribution in [2.75, 3.05) is 6.61 Å². The molecule has 0 bridgehead atoms. The third kappa shape index (κ3) is 4.67. The summed E-state index contributed by atoms with van der Waals surface area (Å²) in [6.45, 7) is 0.542. The largest absolute Gasteiger partial charge is 0.490 e. The molecular formula is C16H16BrFO. The van der Waals surface area contributed by atoms with Crippen LogP contribution >= 0.6 is 15.9 Å². The minimum atomic E-state index is -0.314. The molecule has 2 aromatic carbocycles. The molecule has 0 aliphatic rings. The summed E-state index contributed by atoms with van der Waals surface area (Å²) >= 11 is 3.30. The summed E-state index contributed by atoms with van der Waals surface area (Å²) in [5, 5.41) is 0. The molecule has 3 heteroatoms. The van der Waals surface area contributed by atoms with Crippen molar-refractivity contribution >= 4 is 15.9 Å². The van der Waals surface area contributed by atoms with Crippen molar-refractivity contribution in [3.63, 3.8) is 0 Å². The lowest BCUT2D eigenvalue weighted by atomic mass is 10.1. The van der Waals surface area contributed by atoms with Crippen molar-refractivity contribution in [3.05, 3.63) is 64.4 Å². The van der Waals surface area contributed by atoms with Gasteiger partial charge < -0.3 is 4.74 Å². The molecule has 0 saturated heterocycles. The highest BCUT2D eigenvalue weighted by molar-refractivity contribution is 9.10. The lowest BCUT2D eigenvalue weighted by Gasteiger charge is -2.07. The Morgan fingerprint density at radius 2 is 1.79 bits per heavy atom. The summed E-state index contributed by atoms with van der Waals surface area (Å²) in [4.78, 5) is 0. The van der Waals surface area contributed by atoms with Gasteiger partial charge in [0.15, 0.2) is 11.6 Å². The van der Waals surface area contributed by atoms with Crippen molar-refractivity contribution in [1.82, 2.24) is 0 Å². The highest BCUT2D eigenvalue weighted by Crippen LogP contribution is 2.22. The minimum Gasteiger partial charge on any atom is -0.490 e. The van der Waals surface area contributed by atoms with Crippen LogP contribution in [-0.2, 0) is 6.42 Å². The summed E-state index contributed by atoms with van der Waals surface area (Å²) in [6, 6.07) is 15.1. The standard InChI is InChI=1S/C16H16BrFO/c17-14-9-10-15(18)16(12-14)19-11-5-4-8-13-6-2-1-3-7-13/h1-3,6-7,9-10,12H,4-5,8,11H2. The fourth-order valence-corrected chi connectivity index (χ4v) is 2.19. The molecule has 2 aromatic rings. The van der Waals surface area contributed by atoms with Crippen LogP contribution in [0.1, 0.15) is 18.4 Å². The van der Waals surface area contributed by atoms with E-state index in [9.17, 15) is 4.39 Å². The van der Waals surface area contributed by atoms with Gasteiger partial charge in [-0.15, -0.1) is 0 Å². The number of hydrogen-bond acceptors (Lipinski definition) is 1. The second-order valence-corrected chi connectivity index (χ2v) is 5.28. The highest BCUT2D eigenvalue weighted by atomic mass is 79.9. The average molecular weight is 323 g/mol. The molecule has 0 aromatic heterocycles. The van der Waals surface area contributed by atoms with E-state index in [1.165, 1.54) is 11.6 Å². The number of ether oxygens (including phenoxy) is 1. The Labute approximate surface area is 121 Å². The lowest BCUT2D eigenvalue weighted by Crippen LogP contribution is -2.00. The number of rotatable bonds is 6. The molecule has 0 amide bonds. The van der Waals surface area contributed by atoms with Gasteiger partial charge in [0.1, 0.15) is 0 Å². The molecule has 100 valence electrons. The van der Waals surface area contributed by atoms with Gasteiger partial charge in [-0.2, -0.15) is 0 Å². The molecule has 0 radical (unpaired) electrons. The van der Waals surface area contributed by atoms with Crippen LogP contribution in [0, 0.1) is 5.82 Å². The molecule has 0 spiro atoms. The SMILES string of the molecule is Fc1ccc(Br)cc1OCCCCc1ccccc1. The van der Waals surface area contributed by atoms with Crippen LogP contribution in [0.4, 0.5) is 4.39 Å². The van der Waals surface area contributed by atoms with Crippen LogP contribution in [0.3, 0.4) is 0 Å². The molecule has 0 aliphatic heterocycles. The van der Waals surface area contributed by atoms with Gasteiger partial charge in [0.2, 0.25) is 0 Å². The maximum absolute atomic E-state index is 13.4. The second kappa shape index (κ2) is 7.29. The molecule has 0 unspecified atom stereocenters. The quantitative estimate of drug-likeness (QED) is 0.681. The normalized spacial score (nSPS) is 10.4. The molecule has 19 heavy (non-hydrogen) atoms. The van der Waals surface area contributed by atoms with Gasteiger partial charge in [-0.25, -0.2) is 4.39 Å². The van der Waals surface area contributed by atoms with Crippen molar-refractivity contribution in [2.45, 2.75) is 19.3 Å². The van der Waals surface area contributed by atoms with E-state index in [4.69, 9.17) is 4.74 Å². The molecule has 0 aliphatic carbocycles. The third-order valence-corrected chi connectivity index (χ3v) is 3.35. The maximum Gasteiger partial charge on any atom is 0.165 e. The van der Waals surface area contributed by atoms with Crippen LogP contribution in [0.5, 0.6) is 5.75 Å². The van der Waals surface area contributed by atoms with Crippen LogP contribution in [-0.4, -0.2) is 6.61 Å². The predicted octanol–water partition coefficient (Wildman–Crippen LogP) is 4.99. The topological polar surface area (TPSA) is 9.23 Å². The van der Waals surface area contributed by atoms with Gasteiger partial charge in [0.05, 0.1) is 6.61 Å². The van der Waals surface area contributed by atoms with Gasteiger partial charge in [-0.1, -0.05) is 46.3 Å². The average Bonchev–Trinajstić information content (AvgIpc) is 2.43. The molecule has 2 rings (SSSR count). The smallest absolute Gasteiger partial charge is 0.165 e. The molecular weight excluding hydrogens is 307 g/mol. The van der Waals surface area contributed by atoms with Crippen LogP contribution < -0.4 is 4.74 Å². The number of aryl methyl sites for hydroxylation is 1. The molecule has 1 nitrogen and oxygen atoms in total. The maximum atomic E-state index is 13.4. The Morgan fingerprint density at radius 1 is 1.00 bits per heavy atom. The molecule has 0 heterocycles. The van der Waals surface area contributed by atoms with Gasteiger partial charge in [0, 0.05) is 4.47 Å². The Kier molecular flexibility index (Phi) is 5.40. The van der Waals surface area contributed by atoms with Gasteiger partial charge in [-0.3, -0.25) is 0 Å². The number of hydrogen-bond donors (Lipinski definition) is 0. The van der Waals surface area contributed by atoms with Gasteiger partial charge >= 0.3 is 0 Å². The predicted molar refractivity (Wildman–Crippen MR) is 79.0 cm³/mol. The monoisotopic (exact) mass is 322 g/mol. The minimum absolute atomic E-state index is 0.314. The first kappa shape index (κ1) is 14.1. The number of unbranched alkanes of at least 4 members (excludes halogenated alkanes) is 1. The van der Waals surface area contributed by atoms with Crippen molar-refractivity contribution in [2.24, 2.45) is 0 Å². The van der Waals surface area contributed by atoms with Crippen LogP contribution in [0.2, 0.25) is 0 Å². The van der Waals surface area contributed by atoms with Crippen molar-refractivity contribution < 1.29 is 9.13 Å². The molecule has 0 saturated carbocycles. The van der Waals surface area contributed by atoms with E-state index in [1.807, 2.05) is 18.2 Å². The number of halogens is 2. The summed E-state index contributed by atoms with van der Waals surface area (Å²) < 4.78 is 19.7. The Bertz CT molecular complexity index is 513. The summed E-state index contributed by atoms with van der Waals surface area (Å²) in [5.41, 5.74) is 1.33. The summed E-state index contributed by atoms with van der Waals surface area (Å²) in [5.74, 6) is 0.000320. The summed E-state index contributed by atoms with van der Waals surface area (Å²) in [6.07, 6.45) is 2.99. The van der Waals surface area contributed by atoms with Crippen LogP contribution in [0.15, 0.2) is 53.0 Å². The van der Waals surface area contributed by atoms with Crippen molar-refractivity contribution in [1.29, 1.82) is 0 Å². The molecule has 0 N–H and O–H groups in total. The lowest BCUT2D eigenvalue weighted by molar-refractivity contribution is 0.292. The Hall–Kier alpha value is -1.35. The Balaban J connectivity index is 1.71. The zero-order chi connectivity index (χ0) is 13.5. The molecule has 0 atom stereocenters. The first-order valence-electron chi connectivity index (χ1n) is 6.37. The third-order valence-electron chi connectivity index (χ3n) is 2.85. The van der Waals surface area contributed by atoms with Gasteiger partial charge in [-0.05, 0) is 43.0 Å². The fraction of sp³-hybridized carbons (Fsp3) is 0.250. The Morgan fingerprint density at radius 3 is 2.58 bits per heavy atom. The first-order valence-corrected chi connectivity index (χ1v) is 7.17. The zero-order valence-electron chi connectivity index (χ0n) is 10.6. The van der Waals surface area contributed by atoms with Gasteiger partial charge in [0.25, 0.3) is 0 Å². The van der Waals surface area contributed by atoms with Crippen LogP contribution in [0.25, 0.3) is 0 Å². The number of benzene rings is 2.